The summed E-state index contributed by atoms with van der Waals surface area (Å²) in [5, 5.41) is 0.318. The number of hydrogen-bond acceptors (Lipinski definition) is 2. The highest BCUT2D eigenvalue weighted by molar-refractivity contribution is 7.92. The van der Waals surface area contributed by atoms with Crippen molar-refractivity contribution in [3.63, 3.8) is 0 Å². The van der Waals surface area contributed by atoms with E-state index < -0.39 is 15.8 Å². The molecular weight excluding hydrogens is 289 g/mol. The lowest BCUT2D eigenvalue weighted by Gasteiger charge is -2.10. The molecule has 0 unspecified atom stereocenters. The molecule has 0 aliphatic heterocycles. The van der Waals surface area contributed by atoms with E-state index in [9.17, 15) is 12.8 Å². The van der Waals surface area contributed by atoms with Crippen molar-refractivity contribution in [1.82, 2.24) is 0 Å². The van der Waals surface area contributed by atoms with E-state index in [4.69, 9.17) is 11.6 Å². The molecule has 2 aromatic rings. The molecule has 0 radical (unpaired) electrons. The first-order chi connectivity index (χ1) is 8.88. The van der Waals surface area contributed by atoms with Crippen molar-refractivity contribution in [3.8, 4) is 0 Å². The van der Waals surface area contributed by atoms with Crippen LogP contribution in [-0.2, 0) is 10.0 Å². The number of aryl methyl sites for hydroxylation is 1. The lowest BCUT2D eigenvalue weighted by atomic mass is 10.2. The number of hydrogen-bond donors (Lipinski definition) is 1. The highest BCUT2D eigenvalue weighted by Crippen LogP contribution is 2.22. The zero-order chi connectivity index (χ0) is 14.0. The molecule has 0 atom stereocenters. The molecule has 0 amide bonds. The second-order valence-corrected chi connectivity index (χ2v) is 6.14. The molecule has 0 aliphatic rings. The summed E-state index contributed by atoms with van der Waals surface area (Å²) in [6.45, 7) is 1.69. The van der Waals surface area contributed by atoms with Crippen LogP contribution in [0.4, 0.5) is 10.1 Å². The summed E-state index contributed by atoms with van der Waals surface area (Å²) in [5.41, 5.74) is 0.840. The van der Waals surface area contributed by atoms with Gasteiger partial charge in [0.1, 0.15) is 5.82 Å². The summed E-state index contributed by atoms with van der Waals surface area (Å²) in [6, 6.07) is 9.78. The van der Waals surface area contributed by atoms with Crippen LogP contribution < -0.4 is 4.72 Å². The molecule has 6 heteroatoms. The number of anilines is 1. The van der Waals surface area contributed by atoms with E-state index in [-0.39, 0.29) is 10.6 Å². The van der Waals surface area contributed by atoms with Crippen LogP contribution in [0.1, 0.15) is 5.56 Å². The molecule has 19 heavy (non-hydrogen) atoms. The Morgan fingerprint density at radius 1 is 1.16 bits per heavy atom. The third-order valence-electron chi connectivity index (χ3n) is 2.55. The summed E-state index contributed by atoms with van der Waals surface area (Å²) in [4.78, 5) is 0.0312. The monoisotopic (exact) mass is 299 g/mol. The molecular formula is C13H11ClFNO2S. The Labute approximate surface area is 116 Å². The molecule has 0 aromatic heterocycles. The molecule has 0 heterocycles. The van der Waals surface area contributed by atoms with Crippen molar-refractivity contribution < 1.29 is 12.8 Å². The van der Waals surface area contributed by atoms with Crippen LogP contribution in [0.15, 0.2) is 47.4 Å². The zero-order valence-corrected chi connectivity index (χ0v) is 11.6. The molecule has 0 saturated carbocycles. The van der Waals surface area contributed by atoms with Crippen molar-refractivity contribution in [3.05, 3.63) is 58.9 Å². The first kappa shape index (κ1) is 13.8. The van der Waals surface area contributed by atoms with Crippen molar-refractivity contribution in [2.24, 2.45) is 0 Å². The van der Waals surface area contributed by atoms with Gasteiger partial charge in [-0.3, -0.25) is 4.72 Å². The summed E-state index contributed by atoms with van der Waals surface area (Å²) in [7, 11) is -3.78. The van der Waals surface area contributed by atoms with Crippen LogP contribution >= 0.6 is 11.6 Å². The lowest BCUT2D eigenvalue weighted by molar-refractivity contribution is 0.601. The minimum Gasteiger partial charge on any atom is -0.279 e. The first-order valence-electron chi connectivity index (χ1n) is 5.43. The highest BCUT2D eigenvalue weighted by atomic mass is 35.5. The zero-order valence-electron chi connectivity index (χ0n) is 10.0. The van der Waals surface area contributed by atoms with Gasteiger partial charge < -0.3 is 0 Å². The highest BCUT2D eigenvalue weighted by Gasteiger charge is 2.15. The quantitative estimate of drug-likeness (QED) is 0.941. The van der Waals surface area contributed by atoms with Gasteiger partial charge in [0.15, 0.2) is 0 Å². The number of rotatable bonds is 3. The van der Waals surface area contributed by atoms with Gasteiger partial charge in [0.2, 0.25) is 0 Å². The van der Waals surface area contributed by atoms with E-state index in [0.717, 1.165) is 6.07 Å². The lowest BCUT2D eigenvalue weighted by Crippen LogP contribution is -2.13. The average Bonchev–Trinajstić information content (AvgIpc) is 2.33. The molecule has 0 saturated heterocycles. The fraction of sp³-hybridized carbons (Fsp3) is 0.0769. The molecule has 0 fully saturated rings. The number of nitrogens with one attached hydrogen (secondary N) is 1. The van der Waals surface area contributed by atoms with Crippen molar-refractivity contribution in [1.29, 1.82) is 0 Å². The second-order valence-electron chi connectivity index (χ2n) is 4.02. The Morgan fingerprint density at radius 2 is 1.89 bits per heavy atom. The Hall–Kier alpha value is -1.59. The van der Waals surface area contributed by atoms with Crippen LogP contribution in [-0.4, -0.2) is 8.42 Å². The van der Waals surface area contributed by atoms with Gasteiger partial charge in [0, 0.05) is 5.02 Å². The molecule has 3 nitrogen and oxygen atoms in total. The van der Waals surface area contributed by atoms with Gasteiger partial charge in [0.25, 0.3) is 10.0 Å². The van der Waals surface area contributed by atoms with E-state index in [2.05, 4.69) is 4.72 Å². The predicted octanol–water partition coefficient (Wildman–Crippen LogP) is 3.59. The predicted molar refractivity (Wildman–Crippen MR) is 73.4 cm³/mol. The Balaban J connectivity index is 2.39. The third-order valence-corrected chi connectivity index (χ3v) is 4.15. The fourth-order valence-electron chi connectivity index (χ4n) is 1.54. The molecule has 2 rings (SSSR count). The van der Waals surface area contributed by atoms with Gasteiger partial charge in [-0.15, -0.1) is 0 Å². The van der Waals surface area contributed by atoms with Crippen LogP contribution in [0, 0.1) is 12.7 Å². The van der Waals surface area contributed by atoms with Crippen LogP contribution in [0.2, 0.25) is 5.02 Å². The van der Waals surface area contributed by atoms with E-state index in [1.807, 2.05) is 0 Å². The number of halogens is 2. The van der Waals surface area contributed by atoms with Gasteiger partial charge >= 0.3 is 0 Å². The van der Waals surface area contributed by atoms with Gasteiger partial charge in [-0.1, -0.05) is 23.7 Å². The van der Waals surface area contributed by atoms with Gasteiger partial charge in [-0.05, 0) is 42.8 Å². The Kier molecular flexibility index (Phi) is 3.78. The third kappa shape index (κ3) is 3.24. The number of sulfonamides is 1. The standard InChI is InChI=1S/C13H11ClFNO2S/c1-9-5-6-11(15)8-13(9)16-19(17,18)12-4-2-3-10(14)7-12/h2-8,16H,1H3. The van der Waals surface area contributed by atoms with Crippen LogP contribution in [0.5, 0.6) is 0 Å². The Morgan fingerprint density at radius 3 is 2.58 bits per heavy atom. The van der Waals surface area contributed by atoms with E-state index in [1.54, 1.807) is 13.0 Å². The molecule has 100 valence electrons. The maximum Gasteiger partial charge on any atom is 0.261 e. The van der Waals surface area contributed by atoms with Crippen molar-refractivity contribution in [2.45, 2.75) is 11.8 Å². The van der Waals surface area contributed by atoms with Gasteiger partial charge in [0.05, 0.1) is 10.6 Å². The van der Waals surface area contributed by atoms with Gasteiger partial charge in [-0.2, -0.15) is 0 Å². The summed E-state index contributed by atoms with van der Waals surface area (Å²) >= 11 is 5.76. The topological polar surface area (TPSA) is 46.2 Å². The molecule has 2 aromatic carbocycles. The van der Waals surface area contributed by atoms with Crippen LogP contribution in [0.3, 0.4) is 0 Å². The largest absolute Gasteiger partial charge is 0.279 e. The molecule has 0 bridgehead atoms. The first-order valence-corrected chi connectivity index (χ1v) is 7.29. The number of benzene rings is 2. The molecule has 0 aliphatic carbocycles. The molecule has 1 N–H and O–H groups in total. The minimum absolute atomic E-state index is 0.0312. The molecule has 0 spiro atoms. The second kappa shape index (κ2) is 5.19. The minimum atomic E-state index is -3.78. The maximum absolute atomic E-state index is 13.1. The smallest absolute Gasteiger partial charge is 0.261 e. The average molecular weight is 300 g/mol. The van der Waals surface area contributed by atoms with E-state index in [0.29, 0.717) is 10.6 Å². The summed E-state index contributed by atoms with van der Waals surface area (Å²) < 4.78 is 39.7. The van der Waals surface area contributed by atoms with E-state index >= 15 is 0 Å². The fourth-order valence-corrected chi connectivity index (χ4v) is 2.96. The summed E-state index contributed by atoms with van der Waals surface area (Å²) in [5.74, 6) is -0.505. The normalized spacial score (nSPS) is 11.3. The summed E-state index contributed by atoms with van der Waals surface area (Å²) in [6.07, 6.45) is 0. The van der Waals surface area contributed by atoms with Crippen molar-refractivity contribution >= 4 is 27.3 Å². The maximum atomic E-state index is 13.1. The van der Waals surface area contributed by atoms with Crippen molar-refractivity contribution in [2.75, 3.05) is 4.72 Å². The Bertz CT molecular complexity index is 716. The van der Waals surface area contributed by atoms with E-state index in [1.165, 1.54) is 30.3 Å². The SMILES string of the molecule is Cc1ccc(F)cc1NS(=O)(=O)c1cccc(Cl)c1. The van der Waals surface area contributed by atoms with Gasteiger partial charge in [-0.25, -0.2) is 12.8 Å². The van der Waals surface area contributed by atoms with Crippen LogP contribution in [0.25, 0.3) is 0 Å².